The average molecular weight is 499 g/mol. The first-order chi connectivity index (χ1) is 14.8. The van der Waals surface area contributed by atoms with E-state index in [0.29, 0.717) is 36.3 Å². The largest absolute Gasteiger partial charge is 0.466 e. The molecular formula is C20H24BrFN4O5. The van der Waals surface area contributed by atoms with Gasteiger partial charge in [0.1, 0.15) is 11.5 Å². The summed E-state index contributed by atoms with van der Waals surface area (Å²) in [5, 5.41) is 12.0. The van der Waals surface area contributed by atoms with Gasteiger partial charge in [-0.05, 0) is 22.0 Å². The number of rotatable bonds is 6. The number of benzene rings is 1. The van der Waals surface area contributed by atoms with E-state index in [1.807, 2.05) is 4.90 Å². The van der Waals surface area contributed by atoms with Gasteiger partial charge in [0, 0.05) is 50.2 Å². The molecule has 2 N–H and O–H groups in total. The number of β-amino-alcohol motifs (C(OH)–C–C–N with tert-alkyl or cyclic N) is 1. The minimum absolute atomic E-state index is 0.00693. The Morgan fingerprint density at radius 2 is 1.94 bits per heavy atom. The minimum atomic E-state index is -0.673. The van der Waals surface area contributed by atoms with Crippen molar-refractivity contribution < 1.29 is 28.6 Å². The van der Waals surface area contributed by atoms with Gasteiger partial charge in [0.25, 0.3) is 5.91 Å². The van der Waals surface area contributed by atoms with E-state index in [0.717, 1.165) is 0 Å². The van der Waals surface area contributed by atoms with Crippen LogP contribution in [-0.4, -0.2) is 85.7 Å². The number of hydrogen-bond donors (Lipinski definition) is 2. The summed E-state index contributed by atoms with van der Waals surface area (Å²) < 4.78 is 20.2. The second-order valence-corrected chi connectivity index (χ2v) is 8.05. The maximum Gasteiger partial charge on any atom is 0.337 e. The van der Waals surface area contributed by atoms with Crippen molar-refractivity contribution in [2.45, 2.75) is 6.92 Å². The maximum atomic E-state index is 14.9. The van der Waals surface area contributed by atoms with Crippen LogP contribution in [-0.2, 0) is 19.1 Å². The fraction of sp³-hybridized carbons (Fsp3) is 0.450. The van der Waals surface area contributed by atoms with E-state index in [4.69, 9.17) is 9.84 Å². The summed E-state index contributed by atoms with van der Waals surface area (Å²) in [5.74, 6) is -1.66. The molecular weight excluding hydrogens is 475 g/mol. The molecule has 2 amide bonds. The number of anilines is 2. The number of hydrogen-bond acceptors (Lipinski definition) is 7. The molecule has 2 aliphatic heterocycles. The molecule has 1 fully saturated rings. The number of nitrogens with one attached hydrogen (secondary N) is 1. The molecule has 0 bridgehead atoms. The van der Waals surface area contributed by atoms with E-state index in [1.54, 1.807) is 11.0 Å². The predicted molar refractivity (Wildman–Crippen MR) is 115 cm³/mol. The number of amides is 2. The zero-order chi connectivity index (χ0) is 22.7. The fourth-order valence-corrected chi connectivity index (χ4v) is 4.05. The molecule has 0 radical (unpaired) electrons. The summed E-state index contributed by atoms with van der Waals surface area (Å²) in [5.41, 5.74) is 0.752. The topological polar surface area (TPSA) is 102 Å². The van der Waals surface area contributed by atoms with Crippen molar-refractivity contribution in [3.8, 4) is 0 Å². The third kappa shape index (κ3) is 4.82. The molecule has 2 heterocycles. The minimum Gasteiger partial charge on any atom is -0.466 e. The molecule has 0 saturated carbocycles. The van der Waals surface area contributed by atoms with Gasteiger partial charge in [-0.25, -0.2) is 9.18 Å². The second-order valence-electron chi connectivity index (χ2n) is 7.20. The van der Waals surface area contributed by atoms with E-state index in [-0.39, 0.29) is 42.6 Å². The number of methoxy groups -OCH3 is 1. The standard InChI is InChI=1S/C20H24BrFN4O5/c1-12(28)24-3-5-25(6-4-24)17-9-14(21)16(10-15(17)22)23-18-13(20(30)31-2)11-26(7-8-27)19(18)29/h9-10,23,27H,3-8,11H2,1-2H3. The highest BCUT2D eigenvalue weighted by Gasteiger charge is 2.35. The number of halogens is 2. The van der Waals surface area contributed by atoms with Gasteiger partial charge < -0.3 is 29.9 Å². The number of carbonyl (C=O) groups excluding carboxylic acids is 3. The molecule has 0 spiro atoms. The molecule has 11 heteroatoms. The maximum absolute atomic E-state index is 14.9. The molecule has 1 aromatic carbocycles. The quantitative estimate of drug-likeness (QED) is 0.562. The van der Waals surface area contributed by atoms with Crippen molar-refractivity contribution in [2.75, 3.05) is 63.2 Å². The van der Waals surface area contributed by atoms with Crippen LogP contribution >= 0.6 is 15.9 Å². The Bertz CT molecular complexity index is 930. The number of aliphatic hydroxyl groups is 1. The molecule has 2 aliphatic rings. The van der Waals surface area contributed by atoms with Crippen LogP contribution in [0.4, 0.5) is 15.8 Å². The summed E-state index contributed by atoms with van der Waals surface area (Å²) in [6.45, 7) is 3.34. The van der Waals surface area contributed by atoms with Gasteiger partial charge in [-0.1, -0.05) is 0 Å². The normalized spacial score (nSPS) is 16.8. The van der Waals surface area contributed by atoms with Crippen LogP contribution in [0.1, 0.15) is 6.92 Å². The number of nitrogens with zero attached hydrogens (tertiary/aromatic N) is 3. The molecule has 3 rings (SSSR count). The van der Waals surface area contributed by atoms with Gasteiger partial charge in [-0.15, -0.1) is 0 Å². The predicted octanol–water partition coefficient (Wildman–Crippen LogP) is 0.930. The van der Waals surface area contributed by atoms with Crippen LogP contribution in [0, 0.1) is 5.82 Å². The van der Waals surface area contributed by atoms with Crippen molar-refractivity contribution >= 4 is 45.1 Å². The van der Waals surface area contributed by atoms with Crippen LogP contribution in [0.5, 0.6) is 0 Å². The molecule has 0 aromatic heterocycles. The van der Waals surface area contributed by atoms with Crippen LogP contribution in [0.15, 0.2) is 27.9 Å². The van der Waals surface area contributed by atoms with E-state index in [9.17, 15) is 18.8 Å². The SMILES string of the molecule is COC(=O)C1=C(Nc2cc(F)c(N3CCN(C(C)=O)CC3)cc2Br)C(=O)N(CCO)C1. The van der Waals surface area contributed by atoms with E-state index in [2.05, 4.69) is 21.2 Å². The van der Waals surface area contributed by atoms with Crippen molar-refractivity contribution in [2.24, 2.45) is 0 Å². The molecule has 1 saturated heterocycles. The highest BCUT2D eigenvalue weighted by atomic mass is 79.9. The lowest BCUT2D eigenvalue weighted by Gasteiger charge is -2.36. The van der Waals surface area contributed by atoms with Crippen LogP contribution in [0.3, 0.4) is 0 Å². The monoisotopic (exact) mass is 498 g/mol. The molecule has 1 aromatic rings. The zero-order valence-electron chi connectivity index (χ0n) is 17.3. The van der Waals surface area contributed by atoms with Crippen molar-refractivity contribution in [1.29, 1.82) is 0 Å². The molecule has 31 heavy (non-hydrogen) atoms. The Labute approximate surface area is 187 Å². The van der Waals surface area contributed by atoms with Crippen LogP contribution in [0.25, 0.3) is 0 Å². The van der Waals surface area contributed by atoms with Gasteiger partial charge in [-0.3, -0.25) is 9.59 Å². The fourth-order valence-electron chi connectivity index (χ4n) is 3.62. The summed E-state index contributed by atoms with van der Waals surface area (Å²) in [4.78, 5) is 41.1. The third-order valence-electron chi connectivity index (χ3n) is 5.32. The molecule has 0 unspecified atom stereocenters. The smallest absolute Gasteiger partial charge is 0.337 e. The number of aliphatic hydroxyl groups excluding tert-OH is 1. The highest BCUT2D eigenvalue weighted by Crippen LogP contribution is 2.34. The highest BCUT2D eigenvalue weighted by molar-refractivity contribution is 9.10. The zero-order valence-corrected chi connectivity index (χ0v) is 18.9. The Morgan fingerprint density at radius 1 is 1.26 bits per heavy atom. The number of ether oxygens (including phenoxy) is 1. The Balaban J connectivity index is 1.83. The summed E-state index contributed by atoms with van der Waals surface area (Å²) in [6.07, 6.45) is 0. The lowest BCUT2D eigenvalue weighted by atomic mass is 10.2. The Hall–Kier alpha value is -2.66. The van der Waals surface area contributed by atoms with Gasteiger partial charge in [0.05, 0.1) is 37.2 Å². The molecule has 0 aliphatic carbocycles. The number of esters is 1. The summed E-state index contributed by atoms with van der Waals surface area (Å²) in [6, 6.07) is 2.85. The van der Waals surface area contributed by atoms with Crippen LogP contribution < -0.4 is 10.2 Å². The molecule has 9 nitrogen and oxygen atoms in total. The average Bonchev–Trinajstić information content (AvgIpc) is 3.05. The van der Waals surface area contributed by atoms with Gasteiger partial charge in [0.2, 0.25) is 5.91 Å². The van der Waals surface area contributed by atoms with E-state index < -0.39 is 17.7 Å². The van der Waals surface area contributed by atoms with Gasteiger partial charge >= 0.3 is 5.97 Å². The van der Waals surface area contributed by atoms with Crippen molar-refractivity contribution in [3.63, 3.8) is 0 Å². The first kappa shape index (κ1) is 23.0. The van der Waals surface area contributed by atoms with Gasteiger partial charge in [0.15, 0.2) is 0 Å². The Kier molecular flexibility index (Phi) is 7.16. The molecule has 0 atom stereocenters. The lowest BCUT2D eigenvalue weighted by molar-refractivity contribution is -0.136. The number of carbonyl (C=O) groups is 3. The lowest BCUT2D eigenvalue weighted by Crippen LogP contribution is -2.48. The van der Waals surface area contributed by atoms with Gasteiger partial charge in [-0.2, -0.15) is 0 Å². The molecule has 168 valence electrons. The summed E-state index contributed by atoms with van der Waals surface area (Å²) in [7, 11) is 1.21. The van der Waals surface area contributed by atoms with Crippen molar-refractivity contribution in [1.82, 2.24) is 9.80 Å². The van der Waals surface area contributed by atoms with Crippen molar-refractivity contribution in [3.05, 3.63) is 33.7 Å². The van der Waals surface area contributed by atoms with E-state index in [1.165, 1.54) is 25.0 Å². The van der Waals surface area contributed by atoms with Crippen LogP contribution in [0.2, 0.25) is 0 Å². The summed E-state index contributed by atoms with van der Waals surface area (Å²) >= 11 is 3.41. The first-order valence-corrected chi connectivity index (χ1v) is 10.5. The first-order valence-electron chi connectivity index (χ1n) is 9.75. The Morgan fingerprint density at radius 3 is 2.52 bits per heavy atom. The van der Waals surface area contributed by atoms with E-state index >= 15 is 0 Å². The third-order valence-corrected chi connectivity index (χ3v) is 5.97. The second kappa shape index (κ2) is 9.65. The number of piperazine rings is 1.